The van der Waals surface area contributed by atoms with Gasteiger partial charge in [0.05, 0.1) is 4.99 Å². The predicted molar refractivity (Wildman–Crippen MR) is 81.9 cm³/mol. The fraction of sp³-hybridized carbons (Fsp3) is 0.833. The van der Waals surface area contributed by atoms with Crippen molar-refractivity contribution in [2.24, 2.45) is 11.7 Å². The van der Waals surface area contributed by atoms with Crippen molar-refractivity contribution in [1.82, 2.24) is 10.2 Å². The lowest BCUT2D eigenvalue weighted by molar-refractivity contribution is -0.124. The summed E-state index contributed by atoms with van der Waals surface area (Å²) in [6, 6.07) is 0.310. The van der Waals surface area contributed by atoms with Gasteiger partial charge in [0.2, 0.25) is 5.91 Å². The highest BCUT2D eigenvalue weighted by Crippen LogP contribution is 2.12. The van der Waals surface area contributed by atoms with E-state index in [9.17, 15) is 4.79 Å². The van der Waals surface area contributed by atoms with Crippen LogP contribution >= 0.6 is 24.0 Å². The standard InChI is InChI=1S/C12H23N3OS2/c1-9(8-18-2)12(16)14-10-3-5-15(6-4-10)7-11(13)17/h9-10H,3-8H2,1-2H3,(H2,13,17)(H,14,16). The van der Waals surface area contributed by atoms with Gasteiger partial charge in [0, 0.05) is 37.3 Å². The van der Waals surface area contributed by atoms with Crippen LogP contribution in [0.15, 0.2) is 0 Å². The van der Waals surface area contributed by atoms with Gasteiger partial charge < -0.3 is 11.1 Å². The first-order valence-corrected chi connectivity index (χ1v) is 8.13. The van der Waals surface area contributed by atoms with Crippen LogP contribution in [-0.2, 0) is 4.79 Å². The van der Waals surface area contributed by atoms with E-state index in [1.165, 1.54) is 0 Å². The maximum atomic E-state index is 11.9. The lowest BCUT2D eigenvalue weighted by Crippen LogP contribution is -2.47. The third-order valence-corrected chi connectivity index (χ3v) is 4.14. The molecule has 0 saturated carbocycles. The first-order chi connectivity index (χ1) is 8.52. The summed E-state index contributed by atoms with van der Waals surface area (Å²) in [4.78, 5) is 14.7. The molecule has 1 heterocycles. The van der Waals surface area contributed by atoms with Crippen LogP contribution in [0.2, 0.25) is 0 Å². The molecule has 104 valence electrons. The van der Waals surface area contributed by atoms with E-state index >= 15 is 0 Å². The number of amides is 1. The normalized spacial score (nSPS) is 19.4. The van der Waals surface area contributed by atoms with Crippen molar-refractivity contribution in [3.05, 3.63) is 0 Å². The van der Waals surface area contributed by atoms with E-state index in [-0.39, 0.29) is 11.8 Å². The predicted octanol–water partition coefficient (Wildman–Crippen LogP) is 0.852. The number of piperidine rings is 1. The lowest BCUT2D eigenvalue weighted by Gasteiger charge is -2.32. The molecule has 0 aromatic heterocycles. The van der Waals surface area contributed by atoms with E-state index in [4.69, 9.17) is 18.0 Å². The number of carbonyl (C=O) groups excluding carboxylic acids is 1. The van der Waals surface area contributed by atoms with Crippen LogP contribution in [0.3, 0.4) is 0 Å². The number of hydrogen-bond donors (Lipinski definition) is 2. The van der Waals surface area contributed by atoms with Gasteiger partial charge in [-0.15, -0.1) is 0 Å². The monoisotopic (exact) mass is 289 g/mol. The first-order valence-electron chi connectivity index (χ1n) is 6.33. The minimum atomic E-state index is 0.0923. The highest BCUT2D eigenvalue weighted by molar-refractivity contribution is 7.98. The van der Waals surface area contributed by atoms with Gasteiger partial charge in [0.1, 0.15) is 0 Å². The molecule has 0 aliphatic carbocycles. The van der Waals surface area contributed by atoms with Crippen molar-refractivity contribution in [1.29, 1.82) is 0 Å². The number of nitrogens with zero attached hydrogens (tertiary/aromatic N) is 1. The molecule has 1 amide bonds. The Labute approximate surface area is 119 Å². The van der Waals surface area contributed by atoms with Crippen molar-refractivity contribution in [3.8, 4) is 0 Å². The van der Waals surface area contributed by atoms with Crippen LogP contribution in [0.1, 0.15) is 19.8 Å². The molecule has 0 radical (unpaired) electrons. The van der Waals surface area contributed by atoms with Gasteiger partial charge in [-0.25, -0.2) is 0 Å². The Morgan fingerprint density at radius 1 is 1.56 bits per heavy atom. The van der Waals surface area contributed by atoms with Gasteiger partial charge in [0.25, 0.3) is 0 Å². The molecular formula is C12H23N3OS2. The minimum Gasteiger partial charge on any atom is -0.392 e. The average Bonchev–Trinajstić information content (AvgIpc) is 2.31. The molecular weight excluding hydrogens is 266 g/mol. The molecule has 1 atom stereocenters. The fourth-order valence-corrected chi connectivity index (χ4v) is 2.96. The average molecular weight is 289 g/mol. The molecule has 1 saturated heterocycles. The van der Waals surface area contributed by atoms with Crippen molar-refractivity contribution >= 4 is 34.9 Å². The summed E-state index contributed by atoms with van der Waals surface area (Å²) >= 11 is 6.61. The van der Waals surface area contributed by atoms with E-state index in [2.05, 4.69) is 10.2 Å². The molecule has 0 bridgehead atoms. The third kappa shape index (κ3) is 5.54. The van der Waals surface area contributed by atoms with Crippen LogP contribution in [-0.4, -0.2) is 53.5 Å². The number of nitrogens with two attached hydrogens (primary N) is 1. The van der Waals surface area contributed by atoms with Crippen molar-refractivity contribution in [2.45, 2.75) is 25.8 Å². The third-order valence-electron chi connectivity index (χ3n) is 3.18. The Hall–Kier alpha value is -0.330. The van der Waals surface area contributed by atoms with Crippen LogP contribution in [0.5, 0.6) is 0 Å². The maximum absolute atomic E-state index is 11.9. The zero-order chi connectivity index (χ0) is 13.5. The minimum absolute atomic E-state index is 0.0923. The van der Waals surface area contributed by atoms with E-state index in [1.54, 1.807) is 11.8 Å². The number of rotatable bonds is 6. The van der Waals surface area contributed by atoms with Crippen LogP contribution in [0.4, 0.5) is 0 Å². The number of thioether (sulfide) groups is 1. The van der Waals surface area contributed by atoms with Gasteiger partial charge in [0.15, 0.2) is 0 Å². The molecule has 4 nitrogen and oxygen atoms in total. The van der Waals surface area contributed by atoms with Gasteiger partial charge in [-0.1, -0.05) is 19.1 Å². The fourth-order valence-electron chi connectivity index (χ4n) is 2.12. The summed E-state index contributed by atoms with van der Waals surface area (Å²) < 4.78 is 0. The van der Waals surface area contributed by atoms with E-state index in [0.717, 1.165) is 31.7 Å². The maximum Gasteiger partial charge on any atom is 0.223 e. The number of hydrogen-bond acceptors (Lipinski definition) is 4. The number of thiocarbonyl (C=S) groups is 1. The van der Waals surface area contributed by atoms with Crippen LogP contribution in [0, 0.1) is 5.92 Å². The van der Waals surface area contributed by atoms with E-state index in [1.807, 2.05) is 13.2 Å². The summed E-state index contributed by atoms with van der Waals surface area (Å²) in [5, 5.41) is 3.13. The Morgan fingerprint density at radius 3 is 2.67 bits per heavy atom. The zero-order valence-electron chi connectivity index (χ0n) is 11.1. The summed E-state index contributed by atoms with van der Waals surface area (Å²) in [6.07, 6.45) is 4.00. The number of nitrogens with one attached hydrogen (secondary N) is 1. The molecule has 6 heteroatoms. The number of likely N-dealkylation sites (tertiary alicyclic amines) is 1. The molecule has 1 aliphatic heterocycles. The molecule has 0 spiro atoms. The Morgan fingerprint density at radius 2 is 2.17 bits per heavy atom. The molecule has 0 aromatic carbocycles. The quantitative estimate of drug-likeness (QED) is 0.710. The van der Waals surface area contributed by atoms with Gasteiger partial charge in [-0.3, -0.25) is 9.69 Å². The van der Waals surface area contributed by atoms with Gasteiger partial charge in [-0.05, 0) is 19.1 Å². The van der Waals surface area contributed by atoms with Crippen molar-refractivity contribution in [3.63, 3.8) is 0 Å². The van der Waals surface area contributed by atoms with Gasteiger partial charge >= 0.3 is 0 Å². The molecule has 1 aliphatic rings. The van der Waals surface area contributed by atoms with E-state index < -0.39 is 0 Å². The second-order valence-corrected chi connectivity index (χ2v) is 6.32. The van der Waals surface area contributed by atoms with Crippen molar-refractivity contribution < 1.29 is 4.79 Å². The van der Waals surface area contributed by atoms with Crippen molar-refractivity contribution in [2.75, 3.05) is 31.6 Å². The summed E-state index contributed by atoms with van der Waals surface area (Å²) in [6.45, 7) is 4.59. The largest absolute Gasteiger partial charge is 0.392 e. The topological polar surface area (TPSA) is 58.4 Å². The van der Waals surface area contributed by atoms with Crippen LogP contribution < -0.4 is 11.1 Å². The second-order valence-electron chi connectivity index (χ2n) is 4.88. The SMILES string of the molecule is CSCC(C)C(=O)NC1CCN(CC(N)=S)CC1. The molecule has 1 unspecified atom stereocenters. The van der Waals surface area contributed by atoms with Gasteiger partial charge in [-0.2, -0.15) is 11.8 Å². The summed E-state index contributed by atoms with van der Waals surface area (Å²) in [7, 11) is 0. The molecule has 1 fully saturated rings. The Kier molecular flexibility index (Phi) is 6.96. The number of carbonyl (C=O) groups is 1. The first kappa shape index (κ1) is 15.7. The Bertz CT molecular complexity index is 291. The molecule has 3 N–H and O–H groups in total. The highest BCUT2D eigenvalue weighted by atomic mass is 32.2. The lowest BCUT2D eigenvalue weighted by atomic mass is 10.0. The molecule has 18 heavy (non-hydrogen) atoms. The Balaban J connectivity index is 2.26. The summed E-state index contributed by atoms with van der Waals surface area (Å²) in [5.41, 5.74) is 5.53. The summed E-state index contributed by atoms with van der Waals surface area (Å²) in [5.74, 6) is 1.15. The second kappa shape index (κ2) is 7.96. The zero-order valence-corrected chi connectivity index (χ0v) is 12.8. The molecule has 0 aromatic rings. The van der Waals surface area contributed by atoms with E-state index in [0.29, 0.717) is 17.6 Å². The highest BCUT2D eigenvalue weighted by Gasteiger charge is 2.22. The molecule has 1 rings (SSSR count). The van der Waals surface area contributed by atoms with Crippen LogP contribution in [0.25, 0.3) is 0 Å². The smallest absolute Gasteiger partial charge is 0.223 e.